The summed E-state index contributed by atoms with van der Waals surface area (Å²) in [5, 5.41) is 0. The molecule has 0 saturated carbocycles. The first kappa shape index (κ1) is 34.4. The molecule has 9 rings (SSSR count). The molecule has 8 bridgehead atoms. The third-order valence-corrected chi connectivity index (χ3v) is 10.3. The molecule has 4 aromatic carbocycles. The first-order valence-corrected chi connectivity index (χ1v) is 18.3. The van der Waals surface area contributed by atoms with Gasteiger partial charge in [0, 0.05) is 56.1 Å². The van der Waals surface area contributed by atoms with Crippen molar-refractivity contribution in [2.45, 2.75) is 0 Å². The topological polar surface area (TPSA) is 93.8 Å². The van der Waals surface area contributed by atoms with Crippen molar-refractivity contribution >= 4 is 46.1 Å². The zero-order chi connectivity index (χ0) is 38.2. The lowest BCUT2D eigenvalue weighted by atomic mass is 9.99. The second-order valence-electron chi connectivity index (χ2n) is 13.4. The van der Waals surface area contributed by atoms with Crippen LogP contribution in [0.5, 0.6) is 23.0 Å². The molecule has 0 radical (unpaired) electrons. The van der Waals surface area contributed by atoms with Crippen molar-refractivity contribution in [2.75, 3.05) is 28.4 Å². The minimum atomic E-state index is 0.774. The predicted molar refractivity (Wildman–Crippen MR) is 227 cm³/mol. The largest absolute Gasteiger partial charge is 0.497 e. The number of hydrogen-bond acceptors (Lipinski definition) is 6. The van der Waals surface area contributed by atoms with Crippen molar-refractivity contribution < 1.29 is 18.9 Å². The summed E-state index contributed by atoms with van der Waals surface area (Å²) in [7, 11) is 6.71. The maximum Gasteiger partial charge on any atom is 0.118 e. The maximum atomic E-state index is 5.54. The van der Waals surface area contributed by atoms with E-state index in [1.165, 1.54) is 0 Å². The molecular weight excluding hydrogens is 697 g/mol. The molecule has 2 aliphatic rings. The Morgan fingerprint density at radius 1 is 0.393 bits per heavy atom. The van der Waals surface area contributed by atoms with Gasteiger partial charge in [-0.2, -0.15) is 0 Å². The zero-order valence-electron chi connectivity index (χ0n) is 31.4. The van der Waals surface area contributed by atoms with Crippen molar-refractivity contribution in [3.8, 4) is 67.5 Å². The van der Waals surface area contributed by atoms with E-state index in [2.05, 4.69) is 101 Å². The summed E-state index contributed by atoms with van der Waals surface area (Å²) in [6.45, 7) is 0. The SMILES string of the molecule is COc1ccc(-c2c3cc(c(-c4ccc(OC)cc4)c4ccc([nH]4)c(-c4ccc(OC)cc4)c4ccc([nH]4)c(-c4ccc(OC)cc4)c4nc2C=C4)C=N3)cc1. The highest BCUT2D eigenvalue weighted by molar-refractivity contribution is 6.04. The molecular formula is C48H38N4O4. The van der Waals surface area contributed by atoms with E-state index in [9.17, 15) is 0 Å². The molecule has 7 aromatic rings. The number of benzene rings is 4. The average Bonchev–Trinajstić information content (AvgIpc) is 4.10. The van der Waals surface area contributed by atoms with E-state index in [0.717, 1.165) is 112 Å². The highest BCUT2D eigenvalue weighted by Gasteiger charge is 2.19. The molecule has 0 fully saturated rings. The standard InChI is InChI=1S/C48H38N4O4/c1-53-34-13-5-29(6-14-34)45-33-27-44(49-28-33)48(32-11-19-37(56-4)20-12-32)43-26-25-42(52-43)47(31-9-17-36(55-3)18-10-31)41-24-23-40(51-41)46(39-22-21-38(45)50-39)30-7-15-35(54-2)16-8-30/h5-28,50-51H,1-4H3. The van der Waals surface area contributed by atoms with Gasteiger partial charge in [0.25, 0.3) is 0 Å². The van der Waals surface area contributed by atoms with Gasteiger partial charge in [0.05, 0.1) is 45.5 Å². The van der Waals surface area contributed by atoms with Crippen molar-refractivity contribution in [3.63, 3.8) is 0 Å². The van der Waals surface area contributed by atoms with Gasteiger partial charge in [-0.1, -0.05) is 48.5 Å². The van der Waals surface area contributed by atoms with Crippen LogP contribution in [0.25, 0.3) is 78.7 Å². The van der Waals surface area contributed by atoms with Gasteiger partial charge in [0.2, 0.25) is 0 Å². The van der Waals surface area contributed by atoms with Crippen LogP contribution in [0.4, 0.5) is 5.69 Å². The van der Waals surface area contributed by atoms with Gasteiger partial charge in [-0.3, -0.25) is 4.99 Å². The number of nitrogens with zero attached hydrogens (tertiary/aromatic N) is 2. The number of aliphatic imine (C=N–C) groups is 1. The lowest BCUT2D eigenvalue weighted by Gasteiger charge is -2.08. The van der Waals surface area contributed by atoms with Crippen LogP contribution in [-0.4, -0.2) is 49.6 Å². The van der Waals surface area contributed by atoms with E-state index in [-0.39, 0.29) is 0 Å². The molecule has 56 heavy (non-hydrogen) atoms. The number of methoxy groups -OCH3 is 4. The number of ether oxygens (including phenoxy) is 4. The van der Waals surface area contributed by atoms with E-state index in [4.69, 9.17) is 28.9 Å². The first-order chi connectivity index (χ1) is 27.5. The quantitative estimate of drug-likeness (QED) is 0.162. The van der Waals surface area contributed by atoms with Crippen molar-refractivity contribution in [2.24, 2.45) is 4.99 Å². The van der Waals surface area contributed by atoms with E-state index >= 15 is 0 Å². The number of fused-ring (bicyclic) bond motifs is 8. The van der Waals surface area contributed by atoms with Gasteiger partial charge in [-0.25, -0.2) is 4.98 Å². The summed E-state index contributed by atoms with van der Waals surface area (Å²) in [4.78, 5) is 18.1. The smallest absolute Gasteiger partial charge is 0.118 e. The highest BCUT2D eigenvalue weighted by Crippen LogP contribution is 2.41. The normalized spacial score (nSPS) is 11.8. The fraction of sp³-hybridized carbons (Fsp3) is 0.0833. The van der Waals surface area contributed by atoms with Crippen molar-refractivity contribution in [1.29, 1.82) is 0 Å². The molecule has 0 spiro atoms. The van der Waals surface area contributed by atoms with Crippen LogP contribution >= 0.6 is 0 Å². The molecule has 274 valence electrons. The van der Waals surface area contributed by atoms with Gasteiger partial charge in [0.1, 0.15) is 23.0 Å². The molecule has 0 saturated heterocycles. The molecule has 0 unspecified atom stereocenters. The lowest BCUT2D eigenvalue weighted by molar-refractivity contribution is 0.415. The molecule has 0 aliphatic carbocycles. The number of H-pyrrole nitrogens is 2. The fourth-order valence-corrected chi connectivity index (χ4v) is 7.48. The molecule has 8 heteroatoms. The third kappa shape index (κ3) is 6.27. The molecule has 2 aliphatic heterocycles. The van der Waals surface area contributed by atoms with Crippen LogP contribution < -0.4 is 18.9 Å². The van der Waals surface area contributed by atoms with Crippen molar-refractivity contribution in [3.05, 3.63) is 144 Å². The molecule has 5 heterocycles. The van der Waals surface area contributed by atoms with Crippen LogP contribution in [-0.2, 0) is 0 Å². The Morgan fingerprint density at radius 2 is 0.750 bits per heavy atom. The van der Waals surface area contributed by atoms with Gasteiger partial charge in [0.15, 0.2) is 0 Å². The Balaban J connectivity index is 1.44. The minimum absolute atomic E-state index is 0.774. The third-order valence-electron chi connectivity index (χ3n) is 10.3. The fourth-order valence-electron chi connectivity index (χ4n) is 7.48. The van der Waals surface area contributed by atoms with Crippen LogP contribution in [0, 0.1) is 0 Å². The zero-order valence-corrected chi connectivity index (χ0v) is 31.4. The van der Waals surface area contributed by atoms with Crippen LogP contribution in [0.1, 0.15) is 17.0 Å². The summed E-state index contributed by atoms with van der Waals surface area (Å²) in [5.74, 6) is 3.13. The molecule has 2 N–H and O–H groups in total. The Bertz CT molecular complexity index is 2670. The van der Waals surface area contributed by atoms with Gasteiger partial charge in [-0.15, -0.1) is 0 Å². The number of rotatable bonds is 8. The summed E-state index contributed by atoms with van der Waals surface area (Å²) < 4.78 is 22.1. The maximum absolute atomic E-state index is 5.54. The van der Waals surface area contributed by atoms with E-state index in [0.29, 0.717) is 0 Å². The minimum Gasteiger partial charge on any atom is -0.497 e. The predicted octanol–water partition coefficient (Wildman–Crippen LogP) is 11.5. The average molecular weight is 735 g/mol. The molecule has 0 amide bonds. The number of aromatic amines is 2. The second-order valence-corrected chi connectivity index (χ2v) is 13.4. The van der Waals surface area contributed by atoms with E-state index in [1.54, 1.807) is 28.4 Å². The summed E-state index contributed by atoms with van der Waals surface area (Å²) in [5.41, 5.74) is 15.0. The lowest BCUT2D eigenvalue weighted by Crippen LogP contribution is -1.89. The number of nitrogens with one attached hydrogen (secondary N) is 2. The summed E-state index contributed by atoms with van der Waals surface area (Å²) in [6, 6.07) is 43.1. The summed E-state index contributed by atoms with van der Waals surface area (Å²) >= 11 is 0. The van der Waals surface area contributed by atoms with Crippen molar-refractivity contribution in [1.82, 2.24) is 15.0 Å². The van der Waals surface area contributed by atoms with E-state index < -0.39 is 0 Å². The van der Waals surface area contributed by atoms with Crippen LogP contribution in [0.3, 0.4) is 0 Å². The Kier molecular flexibility index (Phi) is 8.91. The summed E-state index contributed by atoms with van der Waals surface area (Å²) in [6.07, 6.45) is 6.11. The Labute approximate surface area is 324 Å². The number of aromatic nitrogens is 3. The van der Waals surface area contributed by atoms with E-state index in [1.807, 2.05) is 54.7 Å². The number of hydrogen-bond donors (Lipinski definition) is 2. The Hall–Kier alpha value is -7.32. The van der Waals surface area contributed by atoms with Gasteiger partial charge in [-0.05, 0) is 113 Å². The van der Waals surface area contributed by atoms with Crippen LogP contribution in [0.15, 0.2) is 132 Å². The second kappa shape index (κ2) is 14.5. The van der Waals surface area contributed by atoms with Gasteiger partial charge < -0.3 is 28.9 Å². The Morgan fingerprint density at radius 3 is 1.20 bits per heavy atom. The van der Waals surface area contributed by atoms with Crippen LogP contribution in [0.2, 0.25) is 0 Å². The first-order valence-electron chi connectivity index (χ1n) is 18.3. The molecule has 8 nitrogen and oxygen atoms in total. The molecule has 3 aromatic heterocycles. The van der Waals surface area contributed by atoms with Gasteiger partial charge >= 0.3 is 0 Å². The molecule has 0 atom stereocenters. The monoisotopic (exact) mass is 734 g/mol. The highest BCUT2D eigenvalue weighted by atomic mass is 16.5.